The van der Waals surface area contributed by atoms with Crippen molar-refractivity contribution < 1.29 is 5.11 Å². The third-order valence-electron chi connectivity index (χ3n) is 3.90. The molecule has 1 aliphatic rings. The SMILES string of the molecule is Oc1c(Br)cccc1CN1CCCc2ccccc2C1. The Morgan fingerprint density at radius 3 is 2.70 bits per heavy atom. The van der Waals surface area contributed by atoms with E-state index in [-0.39, 0.29) is 0 Å². The fraction of sp³-hybridized carbons (Fsp3) is 0.294. The van der Waals surface area contributed by atoms with Crippen LogP contribution in [0.15, 0.2) is 46.9 Å². The molecule has 0 atom stereocenters. The Hall–Kier alpha value is -1.32. The third kappa shape index (κ3) is 2.89. The van der Waals surface area contributed by atoms with E-state index in [9.17, 15) is 5.11 Å². The minimum atomic E-state index is 0.366. The van der Waals surface area contributed by atoms with Gasteiger partial charge in [-0.05, 0) is 52.5 Å². The highest BCUT2D eigenvalue weighted by atomic mass is 79.9. The molecule has 2 nitrogen and oxygen atoms in total. The molecular weight excluding hydrogens is 314 g/mol. The first-order chi connectivity index (χ1) is 9.74. The summed E-state index contributed by atoms with van der Waals surface area (Å²) in [5.41, 5.74) is 3.87. The molecule has 0 aromatic heterocycles. The van der Waals surface area contributed by atoms with Crippen LogP contribution in [0.5, 0.6) is 5.75 Å². The lowest BCUT2D eigenvalue weighted by atomic mass is 10.0. The number of phenolic OH excluding ortho intramolecular Hbond substituents is 1. The summed E-state index contributed by atoms with van der Waals surface area (Å²) in [6, 6.07) is 14.5. The lowest BCUT2D eigenvalue weighted by Gasteiger charge is -2.21. The Kier molecular flexibility index (Phi) is 4.08. The Labute approximate surface area is 128 Å². The highest BCUT2D eigenvalue weighted by Crippen LogP contribution is 2.29. The molecule has 0 saturated heterocycles. The van der Waals surface area contributed by atoms with Crippen LogP contribution >= 0.6 is 15.9 Å². The van der Waals surface area contributed by atoms with Crippen LogP contribution in [0.4, 0.5) is 0 Å². The number of halogens is 1. The average Bonchev–Trinajstić information content (AvgIpc) is 2.65. The van der Waals surface area contributed by atoms with Crippen molar-refractivity contribution in [3.63, 3.8) is 0 Å². The quantitative estimate of drug-likeness (QED) is 0.895. The zero-order chi connectivity index (χ0) is 13.9. The zero-order valence-electron chi connectivity index (χ0n) is 11.3. The maximum Gasteiger partial charge on any atom is 0.134 e. The lowest BCUT2D eigenvalue weighted by Crippen LogP contribution is -2.22. The molecule has 1 aliphatic heterocycles. The predicted molar refractivity (Wildman–Crippen MR) is 84.7 cm³/mol. The first-order valence-corrected chi connectivity index (χ1v) is 7.79. The molecule has 2 aromatic carbocycles. The van der Waals surface area contributed by atoms with Crippen LogP contribution < -0.4 is 0 Å². The second kappa shape index (κ2) is 5.98. The lowest BCUT2D eigenvalue weighted by molar-refractivity contribution is 0.257. The molecule has 0 radical (unpaired) electrons. The maximum absolute atomic E-state index is 10.1. The molecule has 0 amide bonds. The number of fused-ring (bicyclic) bond motifs is 1. The maximum atomic E-state index is 10.1. The van der Waals surface area contributed by atoms with E-state index in [1.54, 1.807) is 0 Å². The molecule has 0 fully saturated rings. The Morgan fingerprint density at radius 1 is 1.05 bits per heavy atom. The number of benzene rings is 2. The predicted octanol–water partition coefficient (Wildman–Crippen LogP) is 4.10. The molecule has 0 bridgehead atoms. The molecule has 1 heterocycles. The monoisotopic (exact) mass is 331 g/mol. The van der Waals surface area contributed by atoms with E-state index in [1.165, 1.54) is 17.5 Å². The van der Waals surface area contributed by atoms with Gasteiger partial charge in [0.15, 0.2) is 0 Å². The summed E-state index contributed by atoms with van der Waals surface area (Å²) in [6.45, 7) is 2.82. The van der Waals surface area contributed by atoms with Gasteiger partial charge in [-0.25, -0.2) is 0 Å². The van der Waals surface area contributed by atoms with Crippen molar-refractivity contribution in [1.29, 1.82) is 0 Å². The molecule has 2 aromatic rings. The first kappa shape index (κ1) is 13.7. The topological polar surface area (TPSA) is 23.5 Å². The van der Waals surface area contributed by atoms with Gasteiger partial charge in [0.2, 0.25) is 0 Å². The van der Waals surface area contributed by atoms with Crippen LogP contribution in [0, 0.1) is 0 Å². The van der Waals surface area contributed by atoms with E-state index >= 15 is 0 Å². The molecule has 3 rings (SSSR count). The number of hydrogen-bond donors (Lipinski definition) is 1. The Bertz CT molecular complexity index is 612. The molecule has 1 N–H and O–H groups in total. The van der Waals surface area contributed by atoms with Gasteiger partial charge in [0.1, 0.15) is 5.75 Å². The van der Waals surface area contributed by atoms with E-state index in [2.05, 4.69) is 45.1 Å². The summed E-state index contributed by atoms with van der Waals surface area (Å²) in [5, 5.41) is 10.1. The number of phenols is 1. The fourth-order valence-electron chi connectivity index (χ4n) is 2.83. The molecule has 0 unspecified atom stereocenters. The smallest absolute Gasteiger partial charge is 0.134 e. The van der Waals surface area contributed by atoms with Crippen molar-refractivity contribution in [3.8, 4) is 5.75 Å². The standard InChI is InChI=1S/C17H18BrNO/c18-16-9-3-7-15(17(16)20)12-19-10-4-8-13-5-1-2-6-14(13)11-19/h1-3,5-7,9,20H,4,8,10-12H2. The highest BCUT2D eigenvalue weighted by Gasteiger charge is 2.15. The van der Waals surface area contributed by atoms with E-state index in [1.807, 2.05) is 18.2 Å². The summed E-state index contributed by atoms with van der Waals surface area (Å²) >= 11 is 3.38. The van der Waals surface area contributed by atoms with Gasteiger partial charge < -0.3 is 5.11 Å². The van der Waals surface area contributed by atoms with Crippen LogP contribution in [0.1, 0.15) is 23.1 Å². The molecule has 20 heavy (non-hydrogen) atoms. The van der Waals surface area contributed by atoms with Gasteiger partial charge in [-0.15, -0.1) is 0 Å². The average molecular weight is 332 g/mol. The van der Waals surface area contributed by atoms with Crippen LogP contribution in [0.25, 0.3) is 0 Å². The van der Waals surface area contributed by atoms with E-state index in [0.29, 0.717) is 5.75 Å². The van der Waals surface area contributed by atoms with E-state index in [4.69, 9.17) is 0 Å². The number of hydrogen-bond acceptors (Lipinski definition) is 2. The van der Waals surface area contributed by atoms with Crippen molar-refractivity contribution in [2.45, 2.75) is 25.9 Å². The van der Waals surface area contributed by atoms with Crippen molar-refractivity contribution in [2.24, 2.45) is 0 Å². The van der Waals surface area contributed by atoms with Gasteiger partial charge in [0, 0.05) is 18.7 Å². The largest absolute Gasteiger partial charge is 0.506 e. The highest BCUT2D eigenvalue weighted by molar-refractivity contribution is 9.10. The summed E-state index contributed by atoms with van der Waals surface area (Å²) in [5.74, 6) is 0.366. The van der Waals surface area contributed by atoms with Gasteiger partial charge in [-0.2, -0.15) is 0 Å². The normalized spacial score (nSPS) is 15.7. The first-order valence-electron chi connectivity index (χ1n) is 6.99. The Balaban J connectivity index is 1.80. The second-order valence-corrected chi connectivity index (χ2v) is 6.18. The zero-order valence-corrected chi connectivity index (χ0v) is 12.9. The van der Waals surface area contributed by atoms with Crippen molar-refractivity contribution in [3.05, 3.63) is 63.6 Å². The Morgan fingerprint density at radius 2 is 1.85 bits per heavy atom. The van der Waals surface area contributed by atoms with E-state index in [0.717, 1.165) is 36.1 Å². The molecule has 3 heteroatoms. The molecule has 0 saturated carbocycles. The van der Waals surface area contributed by atoms with Gasteiger partial charge in [0.25, 0.3) is 0 Å². The van der Waals surface area contributed by atoms with Gasteiger partial charge >= 0.3 is 0 Å². The van der Waals surface area contributed by atoms with Crippen molar-refractivity contribution >= 4 is 15.9 Å². The number of aromatic hydroxyl groups is 1. The fourth-order valence-corrected chi connectivity index (χ4v) is 3.24. The number of aryl methyl sites for hydroxylation is 1. The summed E-state index contributed by atoms with van der Waals surface area (Å²) < 4.78 is 0.769. The molecule has 0 aliphatic carbocycles. The van der Waals surface area contributed by atoms with Crippen molar-refractivity contribution in [1.82, 2.24) is 4.90 Å². The number of nitrogens with zero attached hydrogens (tertiary/aromatic N) is 1. The summed E-state index contributed by atoms with van der Waals surface area (Å²) in [7, 11) is 0. The van der Waals surface area contributed by atoms with Crippen LogP contribution in [0.2, 0.25) is 0 Å². The van der Waals surface area contributed by atoms with Gasteiger partial charge in [0.05, 0.1) is 4.47 Å². The van der Waals surface area contributed by atoms with Crippen LogP contribution in [-0.2, 0) is 19.5 Å². The minimum absolute atomic E-state index is 0.366. The van der Waals surface area contributed by atoms with Crippen LogP contribution in [-0.4, -0.2) is 16.6 Å². The summed E-state index contributed by atoms with van der Waals surface area (Å²) in [4.78, 5) is 2.41. The summed E-state index contributed by atoms with van der Waals surface area (Å²) in [6.07, 6.45) is 2.32. The number of para-hydroxylation sites is 1. The van der Waals surface area contributed by atoms with E-state index < -0.39 is 0 Å². The van der Waals surface area contributed by atoms with Gasteiger partial charge in [-0.1, -0.05) is 36.4 Å². The number of rotatable bonds is 2. The molecular formula is C17H18BrNO. The second-order valence-electron chi connectivity index (χ2n) is 5.33. The molecule has 104 valence electrons. The van der Waals surface area contributed by atoms with Crippen molar-refractivity contribution in [2.75, 3.05) is 6.54 Å². The minimum Gasteiger partial charge on any atom is -0.506 e. The third-order valence-corrected chi connectivity index (χ3v) is 4.54. The molecule has 0 spiro atoms. The van der Waals surface area contributed by atoms with Gasteiger partial charge in [-0.3, -0.25) is 4.90 Å². The van der Waals surface area contributed by atoms with Crippen LogP contribution in [0.3, 0.4) is 0 Å².